The fourth-order valence-corrected chi connectivity index (χ4v) is 11.6. The third-order valence-corrected chi connectivity index (χ3v) is 15.2. The highest BCUT2D eigenvalue weighted by Crippen LogP contribution is 2.47. The molecule has 0 spiro atoms. The van der Waals surface area contributed by atoms with Gasteiger partial charge in [-0.1, -0.05) is 206 Å². The summed E-state index contributed by atoms with van der Waals surface area (Å²) < 4.78 is 0. The van der Waals surface area contributed by atoms with Gasteiger partial charge in [0.1, 0.15) is 0 Å². The Morgan fingerprint density at radius 2 is 0.838 bits per heavy atom. The minimum absolute atomic E-state index is 0.0729. The highest BCUT2D eigenvalue weighted by Gasteiger charge is 2.33. The van der Waals surface area contributed by atoms with E-state index in [0.717, 1.165) is 53.9 Å². The van der Waals surface area contributed by atoms with Crippen LogP contribution in [0.1, 0.15) is 122 Å². The topological polar surface area (TPSA) is 0 Å². The van der Waals surface area contributed by atoms with Gasteiger partial charge in [-0.3, -0.25) is 0 Å². The number of allylic oxidation sites excluding steroid dienone is 4. The molecule has 10 rings (SSSR count). The third-order valence-electron chi connectivity index (χ3n) is 15.2. The maximum absolute atomic E-state index is 3.96. The molecule has 0 atom stereocenters. The maximum atomic E-state index is 3.96. The third kappa shape index (κ3) is 9.08. The predicted molar refractivity (Wildman–Crippen MR) is 315 cm³/mol. The molecule has 0 nitrogen and oxygen atoms in total. The number of hydrogen-bond donors (Lipinski definition) is 0. The zero-order chi connectivity index (χ0) is 52.4. The molecule has 0 unspecified atom stereocenters. The Labute approximate surface area is 439 Å². The molecule has 0 radical (unpaired) electrons. The Balaban J connectivity index is 1.10. The van der Waals surface area contributed by atoms with Gasteiger partial charge < -0.3 is 0 Å². The van der Waals surface area contributed by atoms with E-state index in [1.54, 1.807) is 0 Å². The smallest absolute Gasteiger partial charge is 0.0976 e. The maximum Gasteiger partial charge on any atom is 0.0976 e. The van der Waals surface area contributed by atoms with Crippen LogP contribution < -0.4 is 31.3 Å². The van der Waals surface area contributed by atoms with Crippen LogP contribution in [0.5, 0.6) is 0 Å². The van der Waals surface area contributed by atoms with Crippen LogP contribution in [0.25, 0.3) is 55.6 Å². The molecule has 0 N–H and O–H groups in total. The minimum atomic E-state index is 0.0729. The lowest BCUT2D eigenvalue weighted by molar-refractivity contribution is 0.472. The summed E-state index contributed by atoms with van der Waals surface area (Å²) in [7, 11) is 0. The van der Waals surface area contributed by atoms with Gasteiger partial charge in [0.05, 0.1) is 34.8 Å². The second kappa shape index (κ2) is 19.1. The normalized spacial score (nSPS) is 13.3. The summed E-state index contributed by atoms with van der Waals surface area (Å²) in [5, 5.41) is 11.4. The van der Waals surface area contributed by atoms with Crippen LogP contribution in [-0.4, -0.2) is 0 Å². The Hall–Kier alpha value is -8.08. The lowest BCUT2D eigenvalue weighted by atomic mass is 9.70. The summed E-state index contributed by atoms with van der Waals surface area (Å²) in [5.74, 6) is 2.66. The van der Waals surface area contributed by atoms with E-state index >= 15 is 0 Å². The van der Waals surface area contributed by atoms with Crippen molar-refractivity contribution >= 4 is 55.6 Å². The fourth-order valence-electron chi connectivity index (χ4n) is 11.6. The zero-order valence-electron chi connectivity index (χ0n) is 45.9. The van der Waals surface area contributed by atoms with Crippen LogP contribution in [0.15, 0.2) is 168 Å². The second-order valence-electron chi connectivity index (χ2n) is 22.9. The Kier molecular flexibility index (Phi) is 12.8. The summed E-state index contributed by atoms with van der Waals surface area (Å²) in [6, 6.07) is 48.9. The molecule has 74 heavy (non-hydrogen) atoms. The van der Waals surface area contributed by atoms with Gasteiger partial charge in [0.2, 0.25) is 0 Å². The SMILES string of the molecule is CC1=C[C+](C(C)(C)C)C=C(C)C1=c1c2ccccc2c(=C=c2c(C)cc(=C=C=C=C=c3cc(C)c(=C=C4c5ccccc5[C-](c5c(C)cc(C(C)(C)C)cc5C)c5ccccc54)c(C)c3)cc2C)c2ccccc12. The quantitative estimate of drug-likeness (QED) is 0.0874. The van der Waals surface area contributed by atoms with Gasteiger partial charge in [-0.05, 0) is 139 Å². The van der Waals surface area contributed by atoms with E-state index in [1.165, 1.54) is 99.8 Å². The standard InChI is InChI=1S/C74H66/c1-45-35-53(36-46(2)65(45)43-67-57-27-17-21-31-61(57)71(62-32-22-18-28-58(62)67)69-49(5)39-55(40-50(69)6)73(9,10)11)25-15-16-26-54-37-47(3)66(48(4)38-54)44-68-59-29-19-23-33-63(59)72(64-34-24-20-30-60(64)68)70-51(7)41-56(42-52(70)8)74(12,13)14/h17-24,27-42H,1-14H3. The number of rotatable bonds is 1. The average molecular weight is 955 g/mol. The molecule has 8 aromatic carbocycles. The molecule has 0 aromatic heterocycles. The van der Waals surface area contributed by atoms with E-state index in [1.807, 2.05) is 0 Å². The van der Waals surface area contributed by atoms with Crippen LogP contribution in [-0.2, 0) is 5.41 Å². The molecule has 0 heterocycles. The van der Waals surface area contributed by atoms with Crippen LogP contribution in [0.3, 0.4) is 0 Å². The summed E-state index contributed by atoms with van der Waals surface area (Å²) in [6.07, 6.45) is 4.77. The molecular formula is C74H66. The van der Waals surface area contributed by atoms with E-state index in [0.29, 0.717) is 0 Å². The molecule has 8 aromatic rings. The number of fused-ring (bicyclic) bond motifs is 4. The van der Waals surface area contributed by atoms with Crippen molar-refractivity contribution in [3.63, 3.8) is 0 Å². The molecular weight excluding hydrogens is 889 g/mol. The summed E-state index contributed by atoms with van der Waals surface area (Å²) in [4.78, 5) is 0. The van der Waals surface area contributed by atoms with Crippen molar-refractivity contribution in [2.24, 2.45) is 5.41 Å². The molecule has 0 saturated carbocycles. The first-order valence-corrected chi connectivity index (χ1v) is 26.2. The summed E-state index contributed by atoms with van der Waals surface area (Å²) >= 11 is 0. The molecule has 0 heteroatoms. The molecule has 0 aliphatic heterocycles. The van der Waals surface area contributed by atoms with E-state index in [-0.39, 0.29) is 10.8 Å². The Bertz CT molecular complexity index is 4140. The van der Waals surface area contributed by atoms with Crippen molar-refractivity contribution in [2.45, 2.75) is 102 Å². The first-order valence-electron chi connectivity index (χ1n) is 26.2. The van der Waals surface area contributed by atoms with Crippen molar-refractivity contribution < 1.29 is 0 Å². The molecule has 2 aliphatic carbocycles. The van der Waals surface area contributed by atoms with Crippen molar-refractivity contribution in [1.82, 2.24) is 0 Å². The molecule has 0 bridgehead atoms. The van der Waals surface area contributed by atoms with Crippen LogP contribution in [0.2, 0.25) is 0 Å². The number of benzene rings is 8. The van der Waals surface area contributed by atoms with Gasteiger partial charge in [0, 0.05) is 50.6 Å². The Morgan fingerprint density at radius 1 is 0.432 bits per heavy atom. The lowest BCUT2D eigenvalue weighted by Gasteiger charge is -2.38. The predicted octanol–water partition coefficient (Wildman–Crippen LogP) is 13.7. The average Bonchev–Trinajstić information content (AvgIpc) is 3.34. The summed E-state index contributed by atoms with van der Waals surface area (Å²) in [6.45, 7) is 31.5. The van der Waals surface area contributed by atoms with Gasteiger partial charge in [-0.15, -0.1) is 11.5 Å². The van der Waals surface area contributed by atoms with Gasteiger partial charge in [0.25, 0.3) is 0 Å². The van der Waals surface area contributed by atoms with Crippen LogP contribution in [0, 0.1) is 58.8 Å². The van der Waals surface area contributed by atoms with Gasteiger partial charge in [0.15, 0.2) is 0 Å². The first kappa shape index (κ1) is 49.5. The van der Waals surface area contributed by atoms with E-state index in [4.69, 9.17) is 0 Å². The van der Waals surface area contributed by atoms with Crippen molar-refractivity contribution in [1.29, 1.82) is 0 Å². The van der Waals surface area contributed by atoms with E-state index in [9.17, 15) is 0 Å². The summed E-state index contributed by atoms with van der Waals surface area (Å²) in [5.41, 5.74) is 40.9. The molecule has 2 aliphatic rings. The molecule has 0 saturated heterocycles. The molecule has 362 valence electrons. The number of aryl methyl sites for hydroxylation is 6. The molecule has 0 fully saturated rings. The van der Waals surface area contributed by atoms with E-state index < -0.39 is 0 Å². The monoisotopic (exact) mass is 955 g/mol. The van der Waals surface area contributed by atoms with Crippen LogP contribution in [0.4, 0.5) is 0 Å². The lowest BCUT2D eigenvalue weighted by Crippen LogP contribution is -2.23. The van der Waals surface area contributed by atoms with Crippen LogP contribution >= 0.6 is 0 Å². The highest BCUT2D eigenvalue weighted by atomic mass is 14.3. The van der Waals surface area contributed by atoms with Crippen molar-refractivity contribution in [2.75, 3.05) is 0 Å². The van der Waals surface area contributed by atoms with Crippen molar-refractivity contribution in [3.8, 4) is 0 Å². The van der Waals surface area contributed by atoms with Gasteiger partial charge >= 0.3 is 0 Å². The highest BCUT2D eigenvalue weighted by molar-refractivity contribution is 6.04. The van der Waals surface area contributed by atoms with Crippen molar-refractivity contribution in [3.05, 3.63) is 278 Å². The molecule has 0 amide bonds. The zero-order valence-corrected chi connectivity index (χ0v) is 45.9. The van der Waals surface area contributed by atoms with Gasteiger partial charge in [-0.2, -0.15) is 0 Å². The number of hydrogen-bond acceptors (Lipinski definition) is 0. The van der Waals surface area contributed by atoms with E-state index in [2.05, 4.69) is 277 Å². The fraction of sp³-hybridized carbons (Fsp3) is 0.216. The minimum Gasteiger partial charge on any atom is -0.115 e. The first-order chi connectivity index (χ1) is 35.3. The largest absolute Gasteiger partial charge is 0.115 e. The van der Waals surface area contributed by atoms with Gasteiger partial charge in [-0.25, -0.2) is 0 Å². The second-order valence-corrected chi connectivity index (χ2v) is 22.9. The Morgan fingerprint density at radius 3 is 1.27 bits per heavy atom.